The van der Waals surface area contributed by atoms with Crippen molar-refractivity contribution in [1.29, 1.82) is 5.26 Å². The molecule has 1 aliphatic heterocycles. The second kappa shape index (κ2) is 8.73. The summed E-state index contributed by atoms with van der Waals surface area (Å²) in [6.45, 7) is 3.48. The number of nitrogens with zero attached hydrogens (tertiary/aromatic N) is 7. The van der Waals surface area contributed by atoms with Gasteiger partial charge < -0.3 is 14.2 Å². The molecule has 0 N–H and O–H groups in total. The number of rotatable bonds is 5. The molecule has 0 radical (unpaired) electrons. The van der Waals surface area contributed by atoms with Crippen LogP contribution in [0.15, 0.2) is 59.0 Å². The summed E-state index contributed by atoms with van der Waals surface area (Å²) in [5.74, 6) is 0.643. The molecule has 1 fully saturated rings. The summed E-state index contributed by atoms with van der Waals surface area (Å²) < 4.78 is 5.93. The summed E-state index contributed by atoms with van der Waals surface area (Å²) in [6.07, 6.45) is 0.515. The van der Waals surface area contributed by atoms with Gasteiger partial charge in [0.15, 0.2) is 11.7 Å². The van der Waals surface area contributed by atoms with Crippen molar-refractivity contribution in [1.82, 2.24) is 25.1 Å². The van der Waals surface area contributed by atoms with Crippen molar-refractivity contribution in [3.8, 4) is 6.07 Å². The Balaban J connectivity index is 1.53. The molecule has 2 aromatic carbocycles. The van der Waals surface area contributed by atoms with Crippen LogP contribution in [0.25, 0.3) is 11.0 Å². The van der Waals surface area contributed by atoms with Crippen molar-refractivity contribution in [2.24, 2.45) is 0 Å². The molecule has 2 aromatic heterocycles. The van der Waals surface area contributed by atoms with E-state index in [2.05, 4.69) is 33.1 Å². The molecular formula is C24H23N7O. The van der Waals surface area contributed by atoms with Crippen LogP contribution in [0, 0.1) is 11.3 Å². The van der Waals surface area contributed by atoms with Crippen molar-refractivity contribution in [2.45, 2.75) is 12.3 Å². The van der Waals surface area contributed by atoms with Crippen LogP contribution in [0.5, 0.6) is 0 Å². The van der Waals surface area contributed by atoms with Gasteiger partial charge in [0.1, 0.15) is 5.69 Å². The van der Waals surface area contributed by atoms with Crippen LogP contribution in [0.4, 0.5) is 5.82 Å². The molecule has 3 heterocycles. The first-order chi connectivity index (χ1) is 15.7. The Bertz CT molecular complexity index is 1260. The molecule has 0 amide bonds. The molecule has 1 atom stereocenters. The van der Waals surface area contributed by atoms with Gasteiger partial charge in [-0.1, -0.05) is 42.5 Å². The smallest absolute Gasteiger partial charge is 0.239 e. The van der Waals surface area contributed by atoms with Crippen LogP contribution >= 0.6 is 0 Å². The minimum atomic E-state index is -0.793. The lowest BCUT2D eigenvalue weighted by atomic mass is 10.1. The highest BCUT2D eigenvalue weighted by Crippen LogP contribution is 2.31. The average Bonchev–Trinajstić information content (AvgIpc) is 3.28. The predicted molar refractivity (Wildman–Crippen MR) is 120 cm³/mol. The maximum atomic E-state index is 10.1. The normalized spacial score (nSPS) is 15.6. The second-order valence-electron chi connectivity index (χ2n) is 7.97. The Morgan fingerprint density at radius 3 is 2.34 bits per heavy atom. The van der Waals surface area contributed by atoms with Crippen molar-refractivity contribution >= 4 is 16.9 Å². The molecule has 0 spiro atoms. The number of hydrogen-bond donors (Lipinski definition) is 0. The number of anilines is 1. The molecule has 160 valence electrons. The third-order valence-electron chi connectivity index (χ3n) is 5.71. The first-order valence-electron chi connectivity index (χ1n) is 10.7. The lowest BCUT2D eigenvalue weighted by Gasteiger charge is -2.34. The Labute approximate surface area is 186 Å². The van der Waals surface area contributed by atoms with Gasteiger partial charge in [0.2, 0.25) is 11.8 Å². The van der Waals surface area contributed by atoms with Gasteiger partial charge in [-0.25, -0.2) is 9.97 Å². The van der Waals surface area contributed by atoms with E-state index in [1.807, 2.05) is 54.6 Å². The van der Waals surface area contributed by atoms with Crippen molar-refractivity contribution in [3.63, 3.8) is 0 Å². The first-order valence-corrected chi connectivity index (χ1v) is 10.7. The number of piperazine rings is 1. The van der Waals surface area contributed by atoms with Gasteiger partial charge in [-0.15, -0.1) is 10.2 Å². The average molecular weight is 425 g/mol. The Morgan fingerprint density at radius 2 is 1.62 bits per heavy atom. The summed E-state index contributed by atoms with van der Waals surface area (Å²) in [4.78, 5) is 14.2. The molecule has 8 heteroatoms. The maximum Gasteiger partial charge on any atom is 0.239 e. The number of aromatic nitrogens is 4. The third kappa shape index (κ3) is 4.03. The Hall–Kier alpha value is -3.83. The van der Waals surface area contributed by atoms with E-state index in [0.717, 1.165) is 42.8 Å². The maximum absolute atomic E-state index is 10.1. The fourth-order valence-corrected chi connectivity index (χ4v) is 3.91. The van der Waals surface area contributed by atoms with E-state index >= 15 is 0 Å². The van der Waals surface area contributed by atoms with Gasteiger partial charge in [0.25, 0.3) is 0 Å². The van der Waals surface area contributed by atoms with Gasteiger partial charge >= 0.3 is 0 Å². The van der Waals surface area contributed by atoms with Crippen molar-refractivity contribution in [2.75, 3.05) is 38.1 Å². The molecule has 0 bridgehead atoms. The topological polar surface area (TPSA) is 95.0 Å². The van der Waals surface area contributed by atoms with Gasteiger partial charge in [0, 0.05) is 26.2 Å². The number of para-hydroxylation sites is 2. The highest BCUT2D eigenvalue weighted by atomic mass is 16.4. The molecule has 0 saturated carbocycles. The first kappa shape index (κ1) is 20.1. The monoisotopic (exact) mass is 425 g/mol. The zero-order valence-electron chi connectivity index (χ0n) is 17.8. The molecule has 5 rings (SSSR count). The van der Waals surface area contributed by atoms with E-state index in [0.29, 0.717) is 23.8 Å². The van der Waals surface area contributed by atoms with E-state index in [4.69, 9.17) is 14.4 Å². The summed E-state index contributed by atoms with van der Waals surface area (Å²) in [7, 11) is 2.11. The zero-order chi connectivity index (χ0) is 21.9. The molecular weight excluding hydrogens is 402 g/mol. The van der Waals surface area contributed by atoms with Crippen LogP contribution in [0.3, 0.4) is 0 Å². The molecule has 1 unspecified atom stereocenters. The van der Waals surface area contributed by atoms with Crippen molar-refractivity contribution in [3.05, 3.63) is 77.6 Å². The van der Waals surface area contributed by atoms with Crippen LogP contribution in [-0.2, 0) is 6.42 Å². The van der Waals surface area contributed by atoms with E-state index < -0.39 is 5.92 Å². The van der Waals surface area contributed by atoms with E-state index in [1.54, 1.807) is 0 Å². The lowest BCUT2D eigenvalue weighted by molar-refractivity contribution is 0.311. The standard InChI is InChI=1S/C24H23N7O/c1-30-11-13-31(14-12-30)23-22(26-19-9-5-6-10-20(19)27-23)18(16-25)24-29-28-21(32-24)15-17-7-3-2-4-8-17/h2-10,18H,11-15H2,1H3. The fourth-order valence-electron chi connectivity index (χ4n) is 3.91. The van der Waals surface area contributed by atoms with E-state index in [9.17, 15) is 5.26 Å². The highest BCUT2D eigenvalue weighted by Gasteiger charge is 2.29. The quantitative estimate of drug-likeness (QED) is 0.482. The zero-order valence-corrected chi connectivity index (χ0v) is 17.8. The number of likely N-dealkylation sites (N-methyl/N-ethyl adjacent to an activating group) is 1. The van der Waals surface area contributed by atoms with E-state index in [1.165, 1.54) is 0 Å². The van der Waals surface area contributed by atoms with Gasteiger partial charge in [0.05, 0.1) is 23.5 Å². The van der Waals surface area contributed by atoms with Crippen LogP contribution < -0.4 is 4.90 Å². The SMILES string of the molecule is CN1CCN(c2nc3ccccc3nc2C(C#N)c2nnc(Cc3ccccc3)o2)CC1. The molecule has 32 heavy (non-hydrogen) atoms. The third-order valence-corrected chi connectivity index (χ3v) is 5.71. The lowest BCUT2D eigenvalue weighted by Crippen LogP contribution is -2.45. The summed E-state index contributed by atoms with van der Waals surface area (Å²) >= 11 is 0. The Morgan fingerprint density at radius 1 is 0.938 bits per heavy atom. The molecule has 1 aliphatic rings. The molecule has 0 aliphatic carbocycles. The van der Waals surface area contributed by atoms with Crippen LogP contribution in [0.2, 0.25) is 0 Å². The molecule has 8 nitrogen and oxygen atoms in total. The van der Waals surface area contributed by atoms with Crippen LogP contribution in [-0.4, -0.2) is 58.3 Å². The van der Waals surface area contributed by atoms with Gasteiger partial charge in [-0.3, -0.25) is 0 Å². The molecule has 4 aromatic rings. The predicted octanol–water partition coefficient (Wildman–Crippen LogP) is 3.01. The second-order valence-corrected chi connectivity index (χ2v) is 7.97. The highest BCUT2D eigenvalue weighted by molar-refractivity contribution is 5.77. The largest absolute Gasteiger partial charge is 0.423 e. The van der Waals surface area contributed by atoms with Crippen LogP contribution in [0.1, 0.15) is 29.0 Å². The number of fused-ring (bicyclic) bond motifs is 1. The minimum absolute atomic E-state index is 0.249. The minimum Gasteiger partial charge on any atom is -0.423 e. The summed E-state index contributed by atoms with van der Waals surface area (Å²) in [6, 6.07) is 20.0. The van der Waals surface area contributed by atoms with Crippen molar-refractivity contribution < 1.29 is 4.42 Å². The Kier molecular flexibility index (Phi) is 5.48. The number of hydrogen-bond acceptors (Lipinski definition) is 8. The number of benzene rings is 2. The fraction of sp³-hybridized carbons (Fsp3) is 0.292. The number of nitriles is 1. The van der Waals surface area contributed by atoms with Gasteiger partial charge in [-0.05, 0) is 24.7 Å². The van der Waals surface area contributed by atoms with Gasteiger partial charge in [-0.2, -0.15) is 5.26 Å². The summed E-state index contributed by atoms with van der Waals surface area (Å²) in [5, 5.41) is 18.5. The van der Waals surface area contributed by atoms with E-state index in [-0.39, 0.29) is 5.89 Å². The molecule has 1 saturated heterocycles. The summed E-state index contributed by atoms with van der Waals surface area (Å²) in [5.41, 5.74) is 3.17.